The van der Waals surface area contributed by atoms with Gasteiger partial charge in [-0.25, -0.2) is 0 Å². The second kappa shape index (κ2) is 6.00. The molecule has 0 saturated heterocycles. The van der Waals surface area contributed by atoms with Crippen molar-refractivity contribution in [2.24, 2.45) is 0 Å². The predicted octanol–water partition coefficient (Wildman–Crippen LogP) is 5.07. The molecule has 3 nitrogen and oxygen atoms in total. The van der Waals surface area contributed by atoms with Crippen molar-refractivity contribution in [3.8, 4) is 5.75 Å². The van der Waals surface area contributed by atoms with Crippen LogP contribution in [0.15, 0.2) is 41.3 Å². The van der Waals surface area contributed by atoms with Gasteiger partial charge in [-0.15, -0.1) is 0 Å². The van der Waals surface area contributed by atoms with E-state index in [1.54, 1.807) is 0 Å². The van der Waals surface area contributed by atoms with Gasteiger partial charge in [0.1, 0.15) is 4.90 Å². The summed E-state index contributed by atoms with van der Waals surface area (Å²) in [5, 5.41) is 0.809. The molecular weight excluding hydrogens is 366 g/mol. The molecule has 0 aromatic heterocycles. The highest BCUT2D eigenvalue weighted by molar-refractivity contribution is 7.87. The predicted molar refractivity (Wildman–Crippen MR) is 80.7 cm³/mol. The van der Waals surface area contributed by atoms with Crippen LogP contribution in [0.5, 0.6) is 5.75 Å². The van der Waals surface area contributed by atoms with Crippen LogP contribution in [-0.2, 0) is 10.1 Å². The highest BCUT2D eigenvalue weighted by Gasteiger charge is 2.19. The fraction of sp³-hybridized carbons (Fsp3) is 0. The topological polar surface area (TPSA) is 43.4 Å². The minimum atomic E-state index is -4.06. The molecule has 0 atom stereocenters. The van der Waals surface area contributed by atoms with Gasteiger partial charge in [-0.2, -0.15) is 8.42 Å². The Balaban J connectivity index is 2.38. The fourth-order valence-corrected chi connectivity index (χ4v) is 3.17. The average molecular weight is 372 g/mol. The summed E-state index contributed by atoms with van der Waals surface area (Å²) < 4.78 is 29.1. The molecule has 2 aromatic rings. The number of halogens is 4. The number of rotatable bonds is 3. The average Bonchev–Trinajstić information content (AvgIpc) is 2.36. The SMILES string of the molecule is O=S(=O)(Oc1ccc(Cl)cc1Cl)c1ccc(Cl)c(Cl)c1. The Bertz CT molecular complexity index is 759. The molecule has 2 aromatic carbocycles. The van der Waals surface area contributed by atoms with Gasteiger partial charge in [-0.3, -0.25) is 0 Å². The molecule has 0 aliphatic rings. The Morgan fingerprint density at radius 2 is 1.50 bits per heavy atom. The van der Waals surface area contributed by atoms with Crippen LogP contribution < -0.4 is 4.18 Å². The molecule has 20 heavy (non-hydrogen) atoms. The molecule has 8 heteroatoms. The molecule has 0 heterocycles. The van der Waals surface area contributed by atoms with Crippen LogP contribution in [-0.4, -0.2) is 8.42 Å². The second-order valence-corrected chi connectivity index (χ2v) is 6.89. The van der Waals surface area contributed by atoms with Gasteiger partial charge >= 0.3 is 10.1 Å². The molecule has 2 rings (SSSR count). The third kappa shape index (κ3) is 3.51. The van der Waals surface area contributed by atoms with Crippen molar-refractivity contribution < 1.29 is 12.6 Å². The third-order valence-corrected chi connectivity index (χ3v) is 4.77. The van der Waals surface area contributed by atoms with Crippen LogP contribution in [0.2, 0.25) is 20.1 Å². The Morgan fingerprint density at radius 1 is 0.800 bits per heavy atom. The van der Waals surface area contributed by atoms with Crippen molar-refractivity contribution in [2.45, 2.75) is 4.90 Å². The normalized spacial score (nSPS) is 11.4. The third-order valence-electron chi connectivity index (χ3n) is 2.27. The summed E-state index contributed by atoms with van der Waals surface area (Å²) in [4.78, 5) is -0.127. The van der Waals surface area contributed by atoms with Crippen LogP contribution in [0.4, 0.5) is 0 Å². The summed E-state index contributed by atoms with van der Waals surface area (Å²) in [6.07, 6.45) is 0. The zero-order valence-corrected chi connectivity index (χ0v) is 13.4. The van der Waals surface area contributed by atoms with Gasteiger partial charge in [-0.05, 0) is 36.4 Å². The fourth-order valence-electron chi connectivity index (χ4n) is 1.34. The van der Waals surface area contributed by atoms with E-state index in [1.807, 2.05) is 0 Å². The van der Waals surface area contributed by atoms with E-state index >= 15 is 0 Å². The lowest BCUT2D eigenvalue weighted by molar-refractivity contribution is 0.486. The monoisotopic (exact) mass is 370 g/mol. The highest BCUT2D eigenvalue weighted by Crippen LogP contribution is 2.31. The summed E-state index contributed by atoms with van der Waals surface area (Å²) in [6, 6.07) is 8.05. The van der Waals surface area contributed by atoms with Crippen LogP contribution in [0.25, 0.3) is 0 Å². The van der Waals surface area contributed by atoms with Gasteiger partial charge in [0.15, 0.2) is 5.75 Å². The first kappa shape index (κ1) is 15.7. The van der Waals surface area contributed by atoms with Crippen molar-refractivity contribution >= 4 is 56.5 Å². The Labute approximate surface area is 136 Å². The summed E-state index contributed by atoms with van der Waals surface area (Å²) in [5.41, 5.74) is 0. The van der Waals surface area contributed by atoms with Gasteiger partial charge in [0.05, 0.1) is 15.1 Å². The van der Waals surface area contributed by atoms with Crippen LogP contribution >= 0.6 is 46.4 Å². The maximum atomic E-state index is 12.1. The molecule has 0 aliphatic heterocycles. The zero-order chi connectivity index (χ0) is 14.9. The lowest BCUT2D eigenvalue weighted by Crippen LogP contribution is -2.10. The second-order valence-electron chi connectivity index (χ2n) is 3.69. The molecule has 0 radical (unpaired) electrons. The van der Waals surface area contributed by atoms with E-state index in [9.17, 15) is 8.42 Å². The Morgan fingerprint density at radius 3 is 2.10 bits per heavy atom. The minimum Gasteiger partial charge on any atom is -0.377 e. The first-order valence-electron chi connectivity index (χ1n) is 5.14. The molecule has 0 spiro atoms. The van der Waals surface area contributed by atoms with Crippen molar-refractivity contribution in [1.82, 2.24) is 0 Å². The molecule has 0 aliphatic carbocycles. The largest absolute Gasteiger partial charge is 0.377 e. The quantitative estimate of drug-likeness (QED) is 0.707. The molecule has 0 unspecified atom stereocenters. The first-order chi connectivity index (χ1) is 9.29. The van der Waals surface area contributed by atoms with E-state index in [0.29, 0.717) is 5.02 Å². The molecule has 0 amide bonds. The number of hydrogen-bond donors (Lipinski definition) is 0. The lowest BCUT2D eigenvalue weighted by Gasteiger charge is -2.09. The van der Waals surface area contributed by atoms with E-state index in [4.69, 9.17) is 50.6 Å². The summed E-state index contributed by atoms with van der Waals surface area (Å²) in [7, 11) is -4.06. The zero-order valence-electron chi connectivity index (χ0n) is 9.61. The summed E-state index contributed by atoms with van der Waals surface area (Å²) in [5.74, 6) is -0.0258. The van der Waals surface area contributed by atoms with E-state index < -0.39 is 10.1 Å². The van der Waals surface area contributed by atoms with Crippen LogP contribution in [0, 0.1) is 0 Å². The standard InChI is InChI=1S/C12H6Cl4O3S/c13-7-1-4-12(11(16)5-7)19-20(17,18)8-2-3-9(14)10(15)6-8/h1-6H. The lowest BCUT2D eigenvalue weighted by atomic mass is 10.3. The maximum Gasteiger partial charge on any atom is 0.339 e. The Hall–Kier alpha value is -0.650. The van der Waals surface area contributed by atoms with E-state index in [2.05, 4.69) is 0 Å². The number of hydrogen-bond acceptors (Lipinski definition) is 3. The molecule has 0 bridgehead atoms. The summed E-state index contributed by atoms with van der Waals surface area (Å²) in [6.45, 7) is 0. The highest BCUT2D eigenvalue weighted by atomic mass is 35.5. The van der Waals surface area contributed by atoms with Gasteiger partial charge < -0.3 is 4.18 Å². The van der Waals surface area contributed by atoms with Gasteiger partial charge in [0.25, 0.3) is 0 Å². The van der Waals surface area contributed by atoms with E-state index in [0.717, 1.165) is 0 Å². The molecule has 0 saturated carbocycles. The van der Waals surface area contributed by atoms with Gasteiger partial charge in [0, 0.05) is 5.02 Å². The molecular formula is C12H6Cl4O3S. The summed E-state index contributed by atoms with van der Waals surface area (Å²) >= 11 is 23.1. The van der Waals surface area contributed by atoms with Gasteiger partial charge in [-0.1, -0.05) is 46.4 Å². The molecule has 0 fully saturated rings. The number of benzene rings is 2. The Kier molecular flexibility index (Phi) is 4.72. The van der Waals surface area contributed by atoms with Crippen molar-refractivity contribution in [3.05, 3.63) is 56.5 Å². The van der Waals surface area contributed by atoms with Crippen molar-refractivity contribution in [1.29, 1.82) is 0 Å². The first-order valence-corrected chi connectivity index (χ1v) is 8.06. The maximum absolute atomic E-state index is 12.1. The van der Waals surface area contributed by atoms with E-state index in [1.165, 1.54) is 36.4 Å². The molecule has 106 valence electrons. The van der Waals surface area contributed by atoms with Crippen molar-refractivity contribution in [2.75, 3.05) is 0 Å². The van der Waals surface area contributed by atoms with Crippen LogP contribution in [0.3, 0.4) is 0 Å². The van der Waals surface area contributed by atoms with E-state index in [-0.39, 0.29) is 25.7 Å². The molecule has 0 N–H and O–H groups in total. The van der Waals surface area contributed by atoms with Crippen LogP contribution in [0.1, 0.15) is 0 Å². The van der Waals surface area contributed by atoms with Gasteiger partial charge in [0.2, 0.25) is 0 Å². The van der Waals surface area contributed by atoms with Crippen molar-refractivity contribution in [3.63, 3.8) is 0 Å². The minimum absolute atomic E-state index is 0.0258. The smallest absolute Gasteiger partial charge is 0.339 e.